The topological polar surface area (TPSA) is 93.2 Å². The van der Waals surface area contributed by atoms with Crippen LogP contribution in [0.3, 0.4) is 0 Å². The molecule has 4 N–H and O–H groups in total. The molecule has 1 unspecified atom stereocenters. The average Bonchev–Trinajstić information content (AvgIpc) is 2.85. The highest BCUT2D eigenvalue weighted by Crippen LogP contribution is 2.48. The van der Waals surface area contributed by atoms with Gasteiger partial charge in [0.25, 0.3) is 5.91 Å². The van der Waals surface area contributed by atoms with E-state index in [4.69, 9.17) is 5.73 Å². The summed E-state index contributed by atoms with van der Waals surface area (Å²) >= 11 is 0. The molecule has 3 aliphatic rings. The lowest BCUT2D eigenvalue weighted by Crippen LogP contribution is -2.27. The maximum atomic E-state index is 14.8. The van der Waals surface area contributed by atoms with Crippen molar-refractivity contribution in [3.8, 4) is 23.2 Å². The molecule has 7 heteroatoms. The van der Waals surface area contributed by atoms with Crippen molar-refractivity contribution < 1.29 is 14.3 Å². The Kier molecular flexibility index (Phi) is 4.80. The number of aliphatic hydroxyl groups is 1. The van der Waals surface area contributed by atoms with Crippen molar-refractivity contribution in [1.29, 1.82) is 0 Å². The molecular weight excluding hydrogens is 383 g/mol. The van der Waals surface area contributed by atoms with Crippen molar-refractivity contribution in [2.24, 2.45) is 5.73 Å². The van der Waals surface area contributed by atoms with Crippen LogP contribution in [0.15, 0.2) is 18.2 Å². The summed E-state index contributed by atoms with van der Waals surface area (Å²) in [5, 5.41) is 13.2. The molecule has 1 aromatic carbocycles. The van der Waals surface area contributed by atoms with Gasteiger partial charge in [0, 0.05) is 18.2 Å². The van der Waals surface area contributed by atoms with E-state index in [1.807, 2.05) is 18.4 Å². The standard InChI is InChI=1S/C23H25FN4O2/c1-12(2)26-11-19-20(21(25)29)27-22-17-9-13(5-6-23(3,4)30)18(24)10-16(17)14-7-15(8-14)28(19)22/h7,9-10,12,15,26,30H,8,11H2,1-4H3,(H2,25,29). The molecule has 0 saturated carbocycles. The van der Waals surface area contributed by atoms with Gasteiger partial charge in [0.05, 0.1) is 17.3 Å². The lowest BCUT2D eigenvalue weighted by atomic mass is 9.86. The maximum absolute atomic E-state index is 14.8. The Bertz CT molecular complexity index is 1140. The molecule has 2 aliphatic heterocycles. The molecule has 1 aromatic heterocycles. The summed E-state index contributed by atoms with van der Waals surface area (Å²) in [6.07, 6.45) is 2.81. The fourth-order valence-electron chi connectivity index (χ4n) is 3.81. The van der Waals surface area contributed by atoms with E-state index >= 15 is 0 Å². The summed E-state index contributed by atoms with van der Waals surface area (Å²) in [5.74, 6) is 4.92. The predicted molar refractivity (Wildman–Crippen MR) is 113 cm³/mol. The smallest absolute Gasteiger partial charge is 0.269 e. The molecule has 0 saturated heterocycles. The Labute approximate surface area is 175 Å². The van der Waals surface area contributed by atoms with E-state index in [0.717, 1.165) is 23.3 Å². The first kappa shape index (κ1) is 20.3. The van der Waals surface area contributed by atoms with Gasteiger partial charge in [-0.1, -0.05) is 31.8 Å². The third-order valence-electron chi connectivity index (χ3n) is 5.27. The van der Waals surface area contributed by atoms with E-state index in [0.29, 0.717) is 17.9 Å². The number of halogens is 1. The number of primary amides is 1. The Morgan fingerprint density at radius 2 is 2.13 bits per heavy atom. The summed E-state index contributed by atoms with van der Waals surface area (Å²) in [6.45, 7) is 7.58. The fraction of sp³-hybridized carbons (Fsp3) is 0.391. The highest BCUT2D eigenvalue weighted by atomic mass is 19.1. The summed E-state index contributed by atoms with van der Waals surface area (Å²) in [5.41, 5.74) is 8.02. The first-order valence-electron chi connectivity index (χ1n) is 10.00. The van der Waals surface area contributed by atoms with Crippen LogP contribution in [0.5, 0.6) is 0 Å². The SMILES string of the molecule is CC(C)NCc1c(C(N)=O)nc2n1C1C=C(C1)c1cc(F)c(C#CC(C)(C)O)cc1-2. The zero-order chi connectivity index (χ0) is 21.8. The van der Waals surface area contributed by atoms with Gasteiger partial charge < -0.3 is 20.7 Å². The van der Waals surface area contributed by atoms with Crippen LogP contribution in [0, 0.1) is 17.7 Å². The summed E-state index contributed by atoms with van der Waals surface area (Å²) in [6, 6.07) is 3.38. The van der Waals surface area contributed by atoms with Gasteiger partial charge in [-0.05, 0) is 43.5 Å². The van der Waals surface area contributed by atoms with E-state index in [1.54, 1.807) is 19.9 Å². The molecule has 0 radical (unpaired) electrons. The van der Waals surface area contributed by atoms with Crippen LogP contribution in [0.1, 0.15) is 67.5 Å². The minimum Gasteiger partial charge on any atom is -0.378 e. The Morgan fingerprint density at radius 1 is 1.43 bits per heavy atom. The number of nitrogens with one attached hydrogen (secondary N) is 1. The molecule has 1 amide bonds. The minimum atomic E-state index is -1.24. The quantitative estimate of drug-likeness (QED) is 0.678. The lowest BCUT2D eigenvalue weighted by molar-refractivity contribution is 0.0994. The number of nitrogens with two attached hydrogens (primary N) is 1. The van der Waals surface area contributed by atoms with E-state index < -0.39 is 17.3 Å². The molecule has 6 nitrogen and oxygen atoms in total. The summed E-state index contributed by atoms with van der Waals surface area (Å²) in [7, 11) is 0. The molecule has 30 heavy (non-hydrogen) atoms. The highest BCUT2D eigenvalue weighted by Gasteiger charge is 2.36. The second-order valence-electron chi connectivity index (χ2n) is 8.65. The average molecular weight is 408 g/mol. The van der Waals surface area contributed by atoms with Crippen molar-refractivity contribution in [2.75, 3.05) is 0 Å². The van der Waals surface area contributed by atoms with Gasteiger partial charge in [0.1, 0.15) is 17.2 Å². The molecule has 2 bridgehead atoms. The first-order chi connectivity index (χ1) is 14.0. The molecule has 3 heterocycles. The Hall–Kier alpha value is -2.95. The van der Waals surface area contributed by atoms with Crippen molar-refractivity contribution in [3.05, 3.63) is 46.5 Å². The molecule has 1 aliphatic carbocycles. The van der Waals surface area contributed by atoms with Crippen LogP contribution in [0.4, 0.5) is 4.39 Å². The summed E-state index contributed by atoms with van der Waals surface area (Å²) < 4.78 is 16.8. The van der Waals surface area contributed by atoms with Gasteiger partial charge in [-0.15, -0.1) is 0 Å². The molecular formula is C23H25FN4O2. The van der Waals surface area contributed by atoms with E-state index in [-0.39, 0.29) is 23.3 Å². The number of hydrogen-bond donors (Lipinski definition) is 3. The first-order valence-corrected chi connectivity index (χ1v) is 10.00. The van der Waals surface area contributed by atoms with Crippen molar-refractivity contribution in [1.82, 2.24) is 14.9 Å². The van der Waals surface area contributed by atoms with Crippen LogP contribution in [-0.4, -0.2) is 32.2 Å². The molecule has 0 fully saturated rings. The number of benzene rings is 1. The number of hydrogen-bond acceptors (Lipinski definition) is 4. The number of allylic oxidation sites excluding steroid dienone is 2. The molecule has 156 valence electrons. The van der Waals surface area contributed by atoms with Gasteiger partial charge in [-0.3, -0.25) is 4.79 Å². The van der Waals surface area contributed by atoms with Gasteiger partial charge in [-0.25, -0.2) is 9.37 Å². The number of amides is 1. The third kappa shape index (κ3) is 3.53. The van der Waals surface area contributed by atoms with Gasteiger partial charge in [-0.2, -0.15) is 0 Å². The Morgan fingerprint density at radius 3 is 2.73 bits per heavy atom. The molecule has 1 atom stereocenters. The number of carbonyl (C=O) groups is 1. The molecule has 5 rings (SSSR count). The second kappa shape index (κ2) is 7.08. The zero-order valence-electron chi connectivity index (χ0n) is 17.5. The molecule has 0 spiro atoms. The van der Waals surface area contributed by atoms with Crippen LogP contribution in [0.25, 0.3) is 17.0 Å². The largest absolute Gasteiger partial charge is 0.378 e. The number of aromatic nitrogens is 2. The van der Waals surface area contributed by atoms with E-state index in [2.05, 4.69) is 28.2 Å². The van der Waals surface area contributed by atoms with Crippen molar-refractivity contribution >= 4 is 11.5 Å². The van der Waals surface area contributed by atoms with Gasteiger partial charge >= 0.3 is 0 Å². The van der Waals surface area contributed by atoms with Crippen molar-refractivity contribution in [3.63, 3.8) is 0 Å². The van der Waals surface area contributed by atoms with Crippen LogP contribution >= 0.6 is 0 Å². The van der Waals surface area contributed by atoms with Crippen LogP contribution in [-0.2, 0) is 6.54 Å². The minimum absolute atomic E-state index is 0.0425. The van der Waals surface area contributed by atoms with Crippen molar-refractivity contribution in [2.45, 2.75) is 58.3 Å². The zero-order valence-corrected chi connectivity index (χ0v) is 17.5. The molecule has 2 aromatic rings. The number of rotatable bonds is 4. The Balaban J connectivity index is 1.92. The van der Waals surface area contributed by atoms with Gasteiger partial charge in [0.15, 0.2) is 5.69 Å². The fourth-order valence-corrected chi connectivity index (χ4v) is 3.81. The number of nitrogens with zero attached hydrogens (tertiary/aromatic N) is 2. The third-order valence-corrected chi connectivity index (χ3v) is 5.27. The number of carbonyl (C=O) groups excluding carboxylic acids is 1. The van der Waals surface area contributed by atoms with Crippen LogP contribution in [0.2, 0.25) is 0 Å². The van der Waals surface area contributed by atoms with E-state index in [9.17, 15) is 14.3 Å². The highest BCUT2D eigenvalue weighted by molar-refractivity contribution is 5.94. The predicted octanol–water partition coefficient (Wildman–Crippen LogP) is 2.75. The van der Waals surface area contributed by atoms with E-state index in [1.165, 1.54) is 6.07 Å². The van der Waals surface area contributed by atoms with Crippen LogP contribution < -0.4 is 11.1 Å². The number of imidazole rings is 1. The maximum Gasteiger partial charge on any atom is 0.269 e. The summed E-state index contributed by atoms with van der Waals surface area (Å²) in [4.78, 5) is 16.7. The van der Waals surface area contributed by atoms with Gasteiger partial charge in [0.2, 0.25) is 0 Å². The monoisotopic (exact) mass is 408 g/mol. The lowest BCUT2D eigenvalue weighted by Gasteiger charge is -2.27. The second-order valence-corrected chi connectivity index (χ2v) is 8.65. The normalized spacial score (nSPS) is 16.6.